The van der Waals surface area contributed by atoms with E-state index in [2.05, 4.69) is 8.97 Å². The molecule has 0 aromatic heterocycles. The second-order valence-corrected chi connectivity index (χ2v) is 7.71. The Morgan fingerprint density at radius 3 is 1.70 bits per heavy atom. The first-order valence-corrected chi connectivity index (χ1v) is 8.88. The summed E-state index contributed by atoms with van der Waals surface area (Å²) < 4.78 is 51.2. The number of hydrogen-bond acceptors (Lipinski definition) is 5. The van der Waals surface area contributed by atoms with Crippen LogP contribution in [0, 0.1) is 17.9 Å². The Balaban J connectivity index is 2.34. The summed E-state index contributed by atoms with van der Waals surface area (Å²) in [6, 6.07) is 11.3. The molecular weight excluding hydrogens is 338 g/mol. The van der Waals surface area contributed by atoms with E-state index in [4.69, 9.17) is 11.8 Å². The molecule has 0 aliphatic rings. The van der Waals surface area contributed by atoms with E-state index in [1.165, 1.54) is 24.3 Å². The molecule has 0 amide bonds. The van der Waals surface area contributed by atoms with Gasteiger partial charge in [0, 0.05) is 9.79 Å². The van der Waals surface area contributed by atoms with Gasteiger partial charge in [-0.3, -0.25) is 0 Å². The molecule has 0 fully saturated rings. The van der Waals surface area contributed by atoms with Crippen LogP contribution in [0.2, 0.25) is 0 Å². The first kappa shape index (κ1) is 16.6. The van der Waals surface area contributed by atoms with Gasteiger partial charge >= 0.3 is 0 Å². The zero-order valence-electron chi connectivity index (χ0n) is 11.4. The largest absolute Gasteiger partial charge is 0.428 e. The highest BCUT2D eigenvalue weighted by Crippen LogP contribution is 2.27. The van der Waals surface area contributed by atoms with Crippen LogP contribution in [-0.2, 0) is 20.0 Å². The lowest BCUT2D eigenvalue weighted by Gasteiger charge is -2.20. The Kier molecular flexibility index (Phi) is 4.48. The molecule has 116 valence electrons. The Labute approximate surface area is 133 Å². The van der Waals surface area contributed by atoms with Crippen LogP contribution in [0.15, 0.2) is 58.3 Å². The van der Waals surface area contributed by atoms with Crippen LogP contribution in [0.5, 0.6) is 0 Å². The van der Waals surface area contributed by atoms with E-state index in [0.29, 0.717) is 0 Å². The molecular formula is C14H8N3O4S2-. The van der Waals surface area contributed by atoms with Gasteiger partial charge in [0.05, 0.1) is 18.2 Å². The third-order valence-corrected chi connectivity index (χ3v) is 6.05. The molecule has 0 N–H and O–H groups in total. The standard InChI is InChI=1S/C14H8N3O4S2/c1-16-12-4-8-14(9-5-12)23(20,21)17-22(18,19)13-6-2-11(10-15)3-7-13/h2-9H/q-1. The Hall–Kier alpha value is -2.72. The van der Waals surface area contributed by atoms with Gasteiger partial charge in [0.2, 0.25) is 0 Å². The minimum absolute atomic E-state index is 0.221. The Morgan fingerprint density at radius 1 is 0.870 bits per heavy atom. The molecule has 0 aliphatic carbocycles. The van der Waals surface area contributed by atoms with E-state index in [9.17, 15) is 16.8 Å². The average Bonchev–Trinajstić information content (AvgIpc) is 2.54. The SMILES string of the molecule is [C-]#[N+]c1ccc(S(=O)(=O)[N-]S(=O)(=O)c2ccc(C#N)cc2)cc1. The maximum Gasteiger partial charge on any atom is 0.187 e. The van der Waals surface area contributed by atoms with Gasteiger partial charge in [0.25, 0.3) is 0 Å². The van der Waals surface area contributed by atoms with E-state index < -0.39 is 20.0 Å². The molecule has 0 aliphatic heterocycles. The van der Waals surface area contributed by atoms with Crippen LogP contribution < -0.4 is 0 Å². The molecule has 0 radical (unpaired) electrons. The second-order valence-electron chi connectivity index (χ2n) is 4.27. The van der Waals surface area contributed by atoms with Crippen LogP contribution in [-0.4, -0.2) is 16.8 Å². The summed E-state index contributed by atoms with van der Waals surface area (Å²) in [6.45, 7) is 6.79. The van der Waals surface area contributed by atoms with Crippen LogP contribution >= 0.6 is 0 Å². The lowest BCUT2D eigenvalue weighted by Crippen LogP contribution is -2.08. The van der Waals surface area contributed by atoms with Crippen LogP contribution in [0.3, 0.4) is 0 Å². The monoisotopic (exact) mass is 346 g/mol. The van der Waals surface area contributed by atoms with Crippen molar-refractivity contribution in [2.45, 2.75) is 9.79 Å². The third-order valence-electron chi connectivity index (χ3n) is 2.74. The first-order valence-electron chi connectivity index (χ1n) is 6.00. The third kappa shape index (κ3) is 3.73. The van der Waals surface area contributed by atoms with Crippen molar-refractivity contribution in [1.29, 1.82) is 5.26 Å². The summed E-state index contributed by atoms with van der Waals surface area (Å²) in [4.78, 5) is 2.45. The van der Waals surface area contributed by atoms with E-state index in [1.807, 2.05) is 6.07 Å². The summed E-state index contributed by atoms with van der Waals surface area (Å²) in [5.41, 5.74) is 0.459. The predicted octanol–water partition coefficient (Wildman–Crippen LogP) is 2.56. The number of hydrogen-bond donors (Lipinski definition) is 0. The van der Waals surface area contributed by atoms with Crippen molar-refractivity contribution in [2.24, 2.45) is 0 Å². The Morgan fingerprint density at radius 2 is 1.30 bits per heavy atom. The first-order chi connectivity index (χ1) is 10.8. The van der Waals surface area contributed by atoms with Gasteiger partial charge in [0.1, 0.15) is 20.0 Å². The van der Waals surface area contributed by atoms with Crippen molar-refractivity contribution in [3.05, 3.63) is 69.6 Å². The van der Waals surface area contributed by atoms with Crippen LogP contribution in [0.1, 0.15) is 5.56 Å². The summed E-state index contributed by atoms with van der Waals surface area (Å²) in [5.74, 6) is 0. The average molecular weight is 346 g/mol. The molecule has 0 saturated carbocycles. The molecule has 0 atom stereocenters. The fraction of sp³-hybridized carbons (Fsp3) is 0. The molecule has 2 aromatic carbocycles. The molecule has 0 unspecified atom stereocenters. The summed E-state index contributed by atoms with van der Waals surface area (Å²) in [6.07, 6.45) is 0. The van der Waals surface area contributed by atoms with Gasteiger partial charge in [-0.15, -0.1) is 0 Å². The Bertz CT molecular complexity index is 926. The van der Waals surface area contributed by atoms with E-state index >= 15 is 0 Å². The normalized spacial score (nSPS) is 11.4. The van der Waals surface area contributed by atoms with Crippen molar-refractivity contribution >= 4 is 25.7 Å². The molecule has 23 heavy (non-hydrogen) atoms. The van der Waals surface area contributed by atoms with Crippen molar-refractivity contribution in [1.82, 2.24) is 0 Å². The highest BCUT2D eigenvalue weighted by Gasteiger charge is 2.13. The molecule has 2 aromatic rings. The predicted molar refractivity (Wildman–Crippen MR) is 81.6 cm³/mol. The van der Waals surface area contributed by atoms with Crippen molar-refractivity contribution < 1.29 is 16.8 Å². The molecule has 0 bridgehead atoms. The fourth-order valence-electron chi connectivity index (χ4n) is 1.61. The van der Waals surface area contributed by atoms with Gasteiger partial charge < -0.3 is 4.13 Å². The molecule has 0 saturated heterocycles. The minimum atomic E-state index is -4.44. The van der Waals surface area contributed by atoms with E-state index in [-0.39, 0.29) is 21.0 Å². The fourth-order valence-corrected chi connectivity index (χ4v) is 4.29. The lowest BCUT2D eigenvalue weighted by molar-refractivity contribution is 0.595. The highest BCUT2D eigenvalue weighted by molar-refractivity contribution is 8.12. The smallest absolute Gasteiger partial charge is 0.187 e. The summed E-state index contributed by atoms with van der Waals surface area (Å²) in [7, 11) is -8.88. The molecule has 0 spiro atoms. The summed E-state index contributed by atoms with van der Waals surface area (Å²) >= 11 is 0. The van der Waals surface area contributed by atoms with Gasteiger partial charge in [-0.2, -0.15) is 5.26 Å². The molecule has 7 nitrogen and oxygen atoms in total. The minimum Gasteiger partial charge on any atom is -0.428 e. The van der Waals surface area contributed by atoms with Crippen molar-refractivity contribution in [2.75, 3.05) is 0 Å². The summed E-state index contributed by atoms with van der Waals surface area (Å²) in [5, 5.41) is 8.67. The number of rotatable bonds is 4. The number of nitriles is 1. The zero-order chi connectivity index (χ0) is 17.1. The van der Waals surface area contributed by atoms with Gasteiger partial charge in [-0.25, -0.2) is 21.7 Å². The highest BCUT2D eigenvalue weighted by atomic mass is 32.3. The van der Waals surface area contributed by atoms with E-state index in [1.54, 1.807) is 0 Å². The molecule has 9 heteroatoms. The lowest BCUT2D eigenvalue weighted by atomic mass is 10.2. The van der Waals surface area contributed by atoms with Crippen LogP contribution in [0.4, 0.5) is 5.69 Å². The van der Waals surface area contributed by atoms with Crippen LogP contribution in [0.25, 0.3) is 8.97 Å². The molecule has 2 rings (SSSR count). The van der Waals surface area contributed by atoms with Crippen molar-refractivity contribution in [3.63, 3.8) is 0 Å². The van der Waals surface area contributed by atoms with E-state index in [0.717, 1.165) is 24.3 Å². The quantitative estimate of drug-likeness (QED) is 0.790. The number of benzene rings is 2. The maximum atomic E-state index is 12.1. The number of nitrogens with zero attached hydrogens (tertiary/aromatic N) is 3. The van der Waals surface area contributed by atoms with Gasteiger partial charge in [-0.05, 0) is 24.3 Å². The second kappa shape index (κ2) is 6.18. The maximum absolute atomic E-state index is 12.1. The van der Waals surface area contributed by atoms with Gasteiger partial charge in [0.15, 0.2) is 5.69 Å². The van der Waals surface area contributed by atoms with Crippen molar-refractivity contribution in [3.8, 4) is 6.07 Å². The zero-order valence-corrected chi connectivity index (χ0v) is 13.0. The van der Waals surface area contributed by atoms with Gasteiger partial charge in [-0.1, -0.05) is 24.3 Å². The number of sulfonamides is 2. The molecule has 0 heterocycles. The topological polar surface area (TPSA) is 111 Å².